The Balaban J connectivity index is 1.51. The lowest BCUT2D eigenvalue weighted by Gasteiger charge is -2.07. The summed E-state index contributed by atoms with van der Waals surface area (Å²) in [6.07, 6.45) is 1.32. The van der Waals surface area contributed by atoms with Crippen molar-refractivity contribution in [1.29, 1.82) is 0 Å². The van der Waals surface area contributed by atoms with Crippen molar-refractivity contribution < 1.29 is 14.3 Å². The first-order chi connectivity index (χ1) is 11.7. The number of carbonyl (C=O) groups excluding carboxylic acids is 1. The van der Waals surface area contributed by atoms with E-state index in [1.807, 2.05) is 18.2 Å². The molecule has 0 radical (unpaired) electrons. The van der Waals surface area contributed by atoms with Gasteiger partial charge in [0.15, 0.2) is 11.5 Å². The van der Waals surface area contributed by atoms with Gasteiger partial charge in [0.25, 0.3) is 11.5 Å². The van der Waals surface area contributed by atoms with Crippen molar-refractivity contribution in [1.82, 2.24) is 15.3 Å². The molecule has 4 rings (SSSR count). The number of nitrogens with one attached hydrogen (secondary N) is 2. The molecule has 0 bridgehead atoms. The molecule has 7 heteroatoms. The minimum atomic E-state index is -0.239. The van der Waals surface area contributed by atoms with Crippen LogP contribution in [0.4, 0.5) is 0 Å². The molecular weight excluding hydrogens is 310 g/mol. The SMILES string of the molecule is O=C(NCc1ccc2c(c1)OCO2)c1ccc2c(=O)[nH]cnc2c1. The molecule has 0 fully saturated rings. The zero-order chi connectivity index (χ0) is 16.5. The van der Waals surface area contributed by atoms with Gasteiger partial charge in [-0.05, 0) is 35.9 Å². The Labute approximate surface area is 136 Å². The van der Waals surface area contributed by atoms with Crippen molar-refractivity contribution >= 4 is 16.8 Å². The number of hydrogen-bond donors (Lipinski definition) is 2. The first-order valence-corrected chi connectivity index (χ1v) is 7.35. The number of ether oxygens (including phenoxy) is 2. The molecule has 2 N–H and O–H groups in total. The Hall–Kier alpha value is -3.35. The number of benzene rings is 2. The molecule has 1 aliphatic heterocycles. The van der Waals surface area contributed by atoms with Crippen LogP contribution in [0.15, 0.2) is 47.5 Å². The summed E-state index contributed by atoms with van der Waals surface area (Å²) in [6.45, 7) is 0.574. The number of rotatable bonds is 3. The number of amides is 1. The van der Waals surface area contributed by atoms with Gasteiger partial charge in [0.1, 0.15) is 0 Å². The average Bonchev–Trinajstić information content (AvgIpc) is 3.07. The third kappa shape index (κ3) is 2.56. The van der Waals surface area contributed by atoms with Crippen molar-refractivity contribution in [2.24, 2.45) is 0 Å². The van der Waals surface area contributed by atoms with E-state index in [1.54, 1.807) is 18.2 Å². The van der Waals surface area contributed by atoms with Crippen LogP contribution in [0.25, 0.3) is 10.9 Å². The maximum atomic E-state index is 12.3. The lowest BCUT2D eigenvalue weighted by Crippen LogP contribution is -2.23. The number of fused-ring (bicyclic) bond motifs is 2. The van der Waals surface area contributed by atoms with Crippen LogP contribution in [-0.4, -0.2) is 22.7 Å². The maximum Gasteiger partial charge on any atom is 0.258 e. The van der Waals surface area contributed by atoms with Gasteiger partial charge >= 0.3 is 0 Å². The summed E-state index contributed by atoms with van der Waals surface area (Å²) >= 11 is 0. The van der Waals surface area contributed by atoms with E-state index in [9.17, 15) is 9.59 Å². The van der Waals surface area contributed by atoms with Crippen molar-refractivity contribution in [2.75, 3.05) is 6.79 Å². The average molecular weight is 323 g/mol. The second kappa shape index (κ2) is 5.69. The molecule has 7 nitrogen and oxygen atoms in total. The lowest BCUT2D eigenvalue weighted by molar-refractivity contribution is 0.0951. The van der Waals surface area contributed by atoms with E-state index in [1.165, 1.54) is 6.33 Å². The summed E-state index contributed by atoms with van der Waals surface area (Å²) in [7, 11) is 0. The Morgan fingerprint density at radius 1 is 1.17 bits per heavy atom. The van der Waals surface area contributed by atoms with Gasteiger partial charge in [-0.2, -0.15) is 0 Å². The third-order valence-electron chi connectivity index (χ3n) is 3.79. The molecule has 24 heavy (non-hydrogen) atoms. The summed E-state index contributed by atoms with van der Waals surface area (Å²) in [5, 5.41) is 3.29. The zero-order valence-corrected chi connectivity index (χ0v) is 12.5. The van der Waals surface area contributed by atoms with E-state index >= 15 is 0 Å². The molecule has 0 unspecified atom stereocenters. The minimum Gasteiger partial charge on any atom is -0.454 e. The van der Waals surface area contributed by atoms with Gasteiger partial charge in [0, 0.05) is 12.1 Å². The standard InChI is InChI=1S/C17H13N3O4/c21-16(11-2-3-12-13(6-11)19-8-20-17(12)22)18-7-10-1-4-14-15(5-10)24-9-23-14/h1-6,8H,7,9H2,(H,18,21)(H,19,20,22). The second-order valence-electron chi connectivity index (χ2n) is 5.33. The van der Waals surface area contributed by atoms with E-state index < -0.39 is 0 Å². The quantitative estimate of drug-likeness (QED) is 0.763. The Morgan fingerprint density at radius 2 is 2.04 bits per heavy atom. The van der Waals surface area contributed by atoms with Gasteiger partial charge in [-0.3, -0.25) is 9.59 Å². The summed E-state index contributed by atoms with van der Waals surface area (Å²) in [4.78, 5) is 30.5. The molecule has 1 aliphatic rings. The summed E-state index contributed by atoms with van der Waals surface area (Å²) in [5.74, 6) is 1.14. The number of hydrogen-bond acceptors (Lipinski definition) is 5. The number of H-pyrrole nitrogens is 1. The summed E-state index contributed by atoms with van der Waals surface area (Å²) in [5.41, 5.74) is 1.60. The molecule has 120 valence electrons. The Morgan fingerprint density at radius 3 is 2.96 bits per heavy atom. The highest BCUT2D eigenvalue weighted by Gasteiger charge is 2.14. The van der Waals surface area contributed by atoms with Crippen LogP contribution in [0.3, 0.4) is 0 Å². The van der Waals surface area contributed by atoms with E-state index in [2.05, 4.69) is 15.3 Å². The van der Waals surface area contributed by atoms with Crippen LogP contribution in [0.5, 0.6) is 11.5 Å². The van der Waals surface area contributed by atoms with Crippen molar-refractivity contribution in [3.8, 4) is 11.5 Å². The zero-order valence-electron chi connectivity index (χ0n) is 12.5. The van der Waals surface area contributed by atoms with Gasteiger partial charge in [-0.1, -0.05) is 6.07 Å². The monoisotopic (exact) mass is 323 g/mol. The molecule has 1 aromatic heterocycles. The number of aromatic amines is 1. The highest BCUT2D eigenvalue weighted by atomic mass is 16.7. The van der Waals surface area contributed by atoms with Gasteiger partial charge in [-0.25, -0.2) is 4.98 Å². The molecule has 1 amide bonds. The van der Waals surface area contributed by atoms with Crippen LogP contribution in [0.2, 0.25) is 0 Å². The van der Waals surface area contributed by atoms with Crippen LogP contribution in [0.1, 0.15) is 15.9 Å². The van der Waals surface area contributed by atoms with E-state index in [0.717, 1.165) is 5.56 Å². The van der Waals surface area contributed by atoms with Crippen LogP contribution < -0.4 is 20.3 Å². The number of aromatic nitrogens is 2. The molecule has 0 aliphatic carbocycles. The molecule has 0 spiro atoms. The van der Waals surface area contributed by atoms with Gasteiger partial charge in [-0.15, -0.1) is 0 Å². The molecule has 0 atom stereocenters. The molecule has 2 aromatic carbocycles. The largest absolute Gasteiger partial charge is 0.454 e. The van der Waals surface area contributed by atoms with Gasteiger partial charge in [0.2, 0.25) is 6.79 Å². The first kappa shape index (κ1) is 14.3. The summed E-state index contributed by atoms with van der Waals surface area (Å²) < 4.78 is 10.6. The maximum absolute atomic E-state index is 12.3. The number of nitrogens with zero attached hydrogens (tertiary/aromatic N) is 1. The van der Waals surface area contributed by atoms with E-state index in [4.69, 9.17) is 9.47 Å². The predicted octanol–water partition coefficient (Wildman–Crippen LogP) is 1.58. The van der Waals surface area contributed by atoms with Gasteiger partial charge < -0.3 is 19.8 Å². The topological polar surface area (TPSA) is 93.3 Å². The number of carbonyl (C=O) groups is 1. The fourth-order valence-corrected chi connectivity index (χ4v) is 2.55. The van der Waals surface area contributed by atoms with Crippen molar-refractivity contribution in [3.63, 3.8) is 0 Å². The first-order valence-electron chi connectivity index (χ1n) is 7.35. The van der Waals surface area contributed by atoms with E-state index in [0.29, 0.717) is 34.5 Å². The van der Waals surface area contributed by atoms with Gasteiger partial charge in [0.05, 0.1) is 17.2 Å². The van der Waals surface area contributed by atoms with Crippen LogP contribution in [-0.2, 0) is 6.54 Å². The summed E-state index contributed by atoms with van der Waals surface area (Å²) in [6, 6.07) is 10.3. The van der Waals surface area contributed by atoms with Crippen LogP contribution in [0, 0.1) is 0 Å². The Bertz CT molecular complexity index is 997. The molecule has 0 saturated heterocycles. The molecular formula is C17H13N3O4. The minimum absolute atomic E-state index is 0.217. The highest BCUT2D eigenvalue weighted by Crippen LogP contribution is 2.32. The van der Waals surface area contributed by atoms with Crippen LogP contribution >= 0.6 is 0 Å². The molecule has 2 heterocycles. The van der Waals surface area contributed by atoms with Crippen molar-refractivity contribution in [3.05, 3.63) is 64.2 Å². The highest BCUT2D eigenvalue weighted by molar-refractivity contribution is 5.97. The lowest BCUT2D eigenvalue weighted by atomic mass is 10.1. The smallest absolute Gasteiger partial charge is 0.258 e. The predicted molar refractivity (Wildman–Crippen MR) is 86.1 cm³/mol. The molecule has 3 aromatic rings. The van der Waals surface area contributed by atoms with E-state index in [-0.39, 0.29) is 18.3 Å². The Kier molecular flexibility index (Phi) is 3.38. The fourth-order valence-electron chi connectivity index (χ4n) is 2.55. The molecule has 0 saturated carbocycles. The second-order valence-corrected chi connectivity index (χ2v) is 5.33. The normalized spacial score (nSPS) is 12.3. The van der Waals surface area contributed by atoms with Crippen molar-refractivity contribution in [2.45, 2.75) is 6.54 Å². The third-order valence-corrected chi connectivity index (χ3v) is 3.79. The fraction of sp³-hybridized carbons (Fsp3) is 0.118.